The number of β-amino-alcohol motifs (C(OH)–C–C–N with tert-alkyl or cyclic N) is 3. The van der Waals surface area contributed by atoms with Crippen LogP contribution in [0.15, 0.2) is 0 Å². The van der Waals surface area contributed by atoms with Crippen molar-refractivity contribution < 1.29 is 20.4 Å². The standard InChI is InChI=1S/C21H46N4O4/c1-21(2,20-29)19-25-8-4-7-23(14-17-27)10-9-22(13-16-26)5-3-6-24(11-12-25)15-18-28/h26-29H,3-20H2,1-2H3. The lowest BCUT2D eigenvalue weighted by Crippen LogP contribution is -2.45. The van der Waals surface area contributed by atoms with Crippen molar-refractivity contribution in [2.24, 2.45) is 5.41 Å². The van der Waals surface area contributed by atoms with E-state index in [2.05, 4.69) is 33.4 Å². The molecule has 0 saturated carbocycles. The van der Waals surface area contributed by atoms with Crippen molar-refractivity contribution in [1.29, 1.82) is 0 Å². The molecule has 174 valence electrons. The molecule has 0 radical (unpaired) electrons. The van der Waals surface area contributed by atoms with Crippen LogP contribution in [0.2, 0.25) is 0 Å². The van der Waals surface area contributed by atoms with Gasteiger partial charge in [-0.05, 0) is 39.0 Å². The number of hydrogen-bond acceptors (Lipinski definition) is 8. The predicted molar refractivity (Wildman–Crippen MR) is 117 cm³/mol. The second-order valence-electron chi connectivity index (χ2n) is 9.00. The van der Waals surface area contributed by atoms with E-state index in [1.54, 1.807) is 0 Å². The van der Waals surface area contributed by atoms with Gasteiger partial charge in [0.15, 0.2) is 0 Å². The Balaban J connectivity index is 2.79. The van der Waals surface area contributed by atoms with E-state index in [0.717, 1.165) is 71.7 Å². The zero-order chi connectivity index (χ0) is 21.5. The second kappa shape index (κ2) is 15.5. The van der Waals surface area contributed by atoms with E-state index in [4.69, 9.17) is 0 Å². The molecule has 0 aromatic rings. The average molecular weight is 419 g/mol. The minimum Gasteiger partial charge on any atom is -0.396 e. The van der Waals surface area contributed by atoms with Gasteiger partial charge in [-0.25, -0.2) is 0 Å². The van der Waals surface area contributed by atoms with Crippen molar-refractivity contribution in [3.8, 4) is 0 Å². The molecule has 1 rings (SSSR count). The Morgan fingerprint density at radius 3 is 1.24 bits per heavy atom. The fourth-order valence-corrected chi connectivity index (χ4v) is 3.96. The average Bonchev–Trinajstić information content (AvgIpc) is 2.68. The first-order valence-electron chi connectivity index (χ1n) is 11.3. The Hall–Kier alpha value is -0.320. The zero-order valence-electron chi connectivity index (χ0n) is 18.8. The number of hydrogen-bond donors (Lipinski definition) is 4. The predicted octanol–water partition coefficient (Wildman–Crippen LogP) is -1.02. The van der Waals surface area contributed by atoms with Gasteiger partial charge in [0.2, 0.25) is 0 Å². The highest BCUT2D eigenvalue weighted by Gasteiger charge is 2.22. The first kappa shape index (κ1) is 26.7. The summed E-state index contributed by atoms with van der Waals surface area (Å²) in [6.07, 6.45) is 2.02. The first-order valence-corrected chi connectivity index (χ1v) is 11.3. The molecular formula is C21H46N4O4. The lowest BCUT2D eigenvalue weighted by atomic mass is 9.94. The van der Waals surface area contributed by atoms with Gasteiger partial charge < -0.3 is 25.3 Å². The molecule has 0 spiro atoms. The molecule has 8 nitrogen and oxygen atoms in total. The van der Waals surface area contributed by atoms with E-state index in [1.165, 1.54) is 0 Å². The highest BCUT2D eigenvalue weighted by Crippen LogP contribution is 2.16. The SMILES string of the molecule is CC(C)(CO)CN1CCCN(CCO)CCN(CCO)CCCN(CCO)CC1. The van der Waals surface area contributed by atoms with Crippen LogP contribution in [0.3, 0.4) is 0 Å². The molecule has 0 aliphatic carbocycles. The minimum atomic E-state index is -0.136. The maximum Gasteiger partial charge on any atom is 0.0558 e. The van der Waals surface area contributed by atoms with Gasteiger partial charge in [0.25, 0.3) is 0 Å². The molecule has 0 amide bonds. The normalized spacial score (nSPS) is 21.3. The Bertz CT molecular complexity index is 401. The van der Waals surface area contributed by atoms with Gasteiger partial charge >= 0.3 is 0 Å². The van der Waals surface area contributed by atoms with Crippen molar-refractivity contribution in [2.45, 2.75) is 26.7 Å². The third-order valence-corrected chi connectivity index (χ3v) is 5.69. The van der Waals surface area contributed by atoms with Gasteiger partial charge in [0.1, 0.15) is 0 Å². The van der Waals surface area contributed by atoms with Crippen LogP contribution in [0.25, 0.3) is 0 Å². The largest absolute Gasteiger partial charge is 0.396 e. The van der Waals surface area contributed by atoms with Crippen molar-refractivity contribution in [2.75, 3.05) is 105 Å². The van der Waals surface area contributed by atoms with Crippen LogP contribution >= 0.6 is 0 Å². The van der Waals surface area contributed by atoms with Crippen molar-refractivity contribution in [1.82, 2.24) is 19.6 Å². The summed E-state index contributed by atoms with van der Waals surface area (Å²) in [5.74, 6) is 0. The molecule has 1 fully saturated rings. The summed E-state index contributed by atoms with van der Waals surface area (Å²) in [4.78, 5) is 9.36. The number of aliphatic hydroxyl groups is 4. The molecular weight excluding hydrogens is 372 g/mol. The lowest BCUT2D eigenvalue weighted by Gasteiger charge is -2.34. The van der Waals surface area contributed by atoms with Crippen LogP contribution in [0.5, 0.6) is 0 Å². The second-order valence-corrected chi connectivity index (χ2v) is 9.00. The Labute approximate surface area is 177 Å². The minimum absolute atomic E-state index is 0.136. The van der Waals surface area contributed by atoms with E-state index in [9.17, 15) is 20.4 Å². The number of aliphatic hydroxyl groups excluding tert-OH is 4. The molecule has 0 atom stereocenters. The van der Waals surface area contributed by atoms with E-state index in [0.29, 0.717) is 19.6 Å². The molecule has 8 heteroatoms. The molecule has 1 aliphatic heterocycles. The summed E-state index contributed by atoms with van der Waals surface area (Å²) in [5.41, 5.74) is -0.136. The van der Waals surface area contributed by atoms with E-state index in [1.807, 2.05) is 0 Å². The summed E-state index contributed by atoms with van der Waals surface area (Å²) in [6.45, 7) is 15.1. The van der Waals surface area contributed by atoms with E-state index < -0.39 is 0 Å². The Kier molecular flexibility index (Phi) is 14.3. The lowest BCUT2D eigenvalue weighted by molar-refractivity contribution is 0.0844. The van der Waals surface area contributed by atoms with Crippen LogP contribution in [0, 0.1) is 5.41 Å². The quantitative estimate of drug-likeness (QED) is 0.378. The van der Waals surface area contributed by atoms with E-state index in [-0.39, 0.29) is 31.8 Å². The van der Waals surface area contributed by atoms with E-state index >= 15 is 0 Å². The van der Waals surface area contributed by atoms with Gasteiger partial charge in [-0.1, -0.05) is 13.8 Å². The highest BCUT2D eigenvalue weighted by molar-refractivity contribution is 4.76. The van der Waals surface area contributed by atoms with Crippen LogP contribution in [0.4, 0.5) is 0 Å². The van der Waals surface area contributed by atoms with Crippen LogP contribution in [0.1, 0.15) is 26.7 Å². The maximum absolute atomic E-state index is 9.69. The smallest absolute Gasteiger partial charge is 0.0558 e. The molecule has 1 heterocycles. The zero-order valence-corrected chi connectivity index (χ0v) is 18.8. The van der Waals surface area contributed by atoms with Crippen LogP contribution in [-0.4, -0.2) is 145 Å². The molecule has 4 N–H and O–H groups in total. The van der Waals surface area contributed by atoms with Crippen LogP contribution < -0.4 is 0 Å². The molecule has 0 aromatic heterocycles. The molecule has 0 unspecified atom stereocenters. The number of nitrogens with zero attached hydrogens (tertiary/aromatic N) is 4. The molecule has 0 bridgehead atoms. The van der Waals surface area contributed by atoms with Crippen molar-refractivity contribution in [3.05, 3.63) is 0 Å². The van der Waals surface area contributed by atoms with Gasteiger partial charge in [0, 0.05) is 64.4 Å². The maximum atomic E-state index is 9.69. The van der Waals surface area contributed by atoms with Gasteiger partial charge in [-0.2, -0.15) is 0 Å². The monoisotopic (exact) mass is 418 g/mol. The Morgan fingerprint density at radius 1 is 0.552 bits per heavy atom. The fourth-order valence-electron chi connectivity index (χ4n) is 3.96. The highest BCUT2D eigenvalue weighted by atomic mass is 16.3. The third-order valence-electron chi connectivity index (χ3n) is 5.69. The summed E-state index contributed by atoms with van der Waals surface area (Å²) in [5, 5.41) is 37.9. The molecule has 1 aliphatic rings. The summed E-state index contributed by atoms with van der Waals surface area (Å²) in [6, 6.07) is 0. The Morgan fingerprint density at radius 2 is 0.897 bits per heavy atom. The van der Waals surface area contributed by atoms with Gasteiger partial charge in [0.05, 0.1) is 19.8 Å². The molecule has 29 heavy (non-hydrogen) atoms. The topological polar surface area (TPSA) is 93.9 Å². The van der Waals surface area contributed by atoms with Crippen molar-refractivity contribution in [3.63, 3.8) is 0 Å². The molecule has 0 aromatic carbocycles. The summed E-state index contributed by atoms with van der Waals surface area (Å²) in [7, 11) is 0. The summed E-state index contributed by atoms with van der Waals surface area (Å²) >= 11 is 0. The number of rotatable bonds is 9. The van der Waals surface area contributed by atoms with Gasteiger partial charge in [-0.15, -0.1) is 0 Å². The first-order chi connectivity index (χ1) is 13.9. The van der Waals surface area contributed by atoms with Crippen LogP contribution in [-0.2, 0) is 0 Å². The summed E-state index contributed by atoms with van der Waals surface area (Å²) < 4.78 is 0. The van der Waals surface area contributed by atoms with Gasteiger partial charge in [-0.3, -0.25) is 14.7 Å². The molecule has 1 saturated heterocycles. The fraction of sp³-hybridized carbons (Fsp3) is 1.00. The third kappa shape index (κ3) is 12.2. The van der Waals surface area contributed by atoms with Crippen molar-refractivity contribution >= 4 is 0 Å².